The molecule has 2 heterocycles. The van der Waals surface area contributed by atoms with Crippen molar-refractivity contribution in [2.45, 2.75) is 32.6 Å². The minimum atomic E-state index is 0.118. The first-order valence-corrected chi connectivity index (χ1v) is 7.08. The number of nitrogens with two attached hydrogens (primary N) is 1. The molecule has 20 heavy (non-hydrogen) atoms. The van der Waals surface area contributed by atoms with Crippen molar-refractivity contribution in [1.82, 2.24) is 14.9 Å². The Balaban J connectivity index is 1.98. The lowest BCUT2D eigenvalue weighted by atomic mass is 10.1. The molecule has 7 heteroatoms. The SMILES string of the molecule is CCc1c(NN)ncnc1NCC(=O)N1CCCCC1. The van der Waals surface area contributed by atoms with Gasteiger partial charge in [0, 0.05) is 18.7 Å². The third-order valence-electron chi connectivity index (χ3n) is 3.55. The number of nitrogen functional groups attached to an aromatic ring is 1. The van der Waals surface area contributed by atoms with Crippen molar-refractivity contribution in [3.8, 4) is 0 Å². The van der Waals surface area contributed by atoms with Crippen LogP contribution in [0.4, 0.5) is 11.6 Å². The van der Waals surface area contributed by atoms with Crippen molar-refractivity contribution in [2.75, 3.05) is 30.4 Å². The number of nitrogens with zero attached hydrogens (tertiary/aromatic N) is 3. The molecule has 1 aromatic heterocycles. The van der Waals surface area contributed by atoms with Gasteiger partial charge in [-0.3, -0.25) is 4.79 Å². The quantitative estimate of drug-likeness (QED) is 0.543. The van der Waals surface area contributed by atoms with Gasteiger partial charge >= 0.3 is 0 Å². The maximum Gasteiger partial charge on any atom is 0.241 e. The highest BCUT2D eigenvalue weighted by Gasteiger charge is 2.17. The summed E-state index contributed by atoms with van der Waals surface area (Å²) in [6.07, 6.45) is 5.58. The van der Waals surface area contributed by atoms with E-state index in [-0.39, 0.29) is 12.5 Å². The first-order chi connectivity index (χ1) is 9.76. The first-order valence-electron chi connectivity index (χ1n) is 7.08. The summed E-state index contributed by atoms with van der Waals surface area (Å²) < 4.78 is 0. The topological polar surface area (TPSA) is 96.2 Å². The molecule has 0 saturated carbocycles. The molecule has 1 saturated heterocycles. The molecule has 0 bridgehead atoms. The van der Waals surface area contributed by atoms with Crippen LogP contribution in [0.5, 0.6) is 0 Å². The summed E-state index contributed by atoms with van der Waals surface area (Å²) in [6, 6.07) is 0. The minimum absolute atomic E-state index is 0.118. The van der Waals surface area contributed by atoms with Gasteiger partial charge in [0.2, 0.25) is 5.91 Å². The number of hydrogen-bond acceptors (Lipinski definition) is 6. The zero-order chi connectivity index (χ0) is 14.4. The van der Waals surface area contributed by atoms with Crippen LogP contribution in [0, 0.1) is 0 Å². The molecule has 0 aliphatic carbocycles. The largest absolute Gasteiger partial charge is 0.361 e. The summed E-state index contributed by atoms with van der Waals surface area (Å²) in [5.74, 6) is 6.80. The summed E-state index contributed by atoms with van der Waals surface area (Å²) >= 11 is 0. The Morgan fingerprint density at radius 2 is 2.00 bits per heavy atom. The molecule has 110 valence electrons. The van der Waals surface area contributed by atoms with Crippen LogP contribution in [0.1, 0.15) is 31.7 Å². The van der Waals surface area contributed by atoms with Crippen molar-refractivity contribution in [1.29, 1.82) is 0 Å². The molecular formula is C13H22N6O. The summed E-state index contributed by atoms with van der Waals surface area (Å²) in [5.41, 5.74) is 3.44. The van der Waals surface area contributed by atoms with Crippen LogP contribution in [-0.4, -0.2) is 40.4 Å². The maximum atomic E-state index is 12.1. The number of hydrogen-bond donors (Lipinski definition) is 3. The number of hydrazine groups is 1. The van der Waals surface area contributed by atoms with Gasteiger partial charge in [0.1, 0.15) is 18.0 Å². The average Bonchev–Trinajstić information content (AvgIpc) is 2.52. The van der Waals surface area contributed by atoms with Gasteiger partial charge in [-0.05, 0) is 25.7 Å². The minimum Gasteiger partial charge on any atom is -0.361 e. The van der Waals surface area contributed by atoms with E-state index < -0.39 is 0 Å². The van der Waals surface area contributed by atoms with Gasteiger partial charge < -0.3 is 15.6 Å². The second-order valence-corrected chi connectivity index (χ2v) is 4.84. The molecule has 0 atom stereocenters. The summed E-state index contributed by atoms with van der Waals surface area (Å²) in [6.45, 7) is 3.98. The molecule has 7 nitrogen and oxygen atoms in total. The van der Waals surface area contributed by atoms with Gasteiger partial charge in [-0.1, -0.05) is 6.92 Å². The fourth-order valence-electron chi connectivity index (χ4n) is 2.44. The molecule has 0 unspecified atom stereocenters. The van der Waals surface area contributed by atoms with Crippen LogP contribution in [0.25, 0.3) is 0 Å². The Morgan fingerprint density at radius 3 is 2.65 bits per heavy atom. The first kappa shape index (κ1) is 14.5. The van der Waals surface area contributed by atoms with Crippen molar-refractivity contribution < 1.29 is 4.79 Å². The van der Waals surface area contributed by atoms with Gasteiger partial charge in [0.05, 0.1) is 6.54 Å². The van der Waals surface area contributed by atoms with Crippen molar-refractivity contribution in [3.05, 3.63) is 11.9 Å². The number of anilines is 2. The molecule has 1 aromatic rings. The van der Waals surface area contributed by atoms with Gasteiger partial charge in [-0.15, -0.1) is 0 Å². The molecule has 2 rings (SSSR count). The fraction of sp³-hybridized carbons (Fsp3) is 0.615. The second-order valence-electron chi connectivity index (χ2n) is 4.84. The average molecular weight is 278 g/mol. The van der Waals surface area contributed by atoms with Crippen LogP contribution < -0.4 is 16.6 Å². The smallest absolute Gasteiger partial charge is 0.241 e. The molecule has 1 aliphatic heterocycles. The zero-order valence-corrected chi connectivity index (χ0v) is 11.9. The number of aromatic nitrogens is 2. The Hall–Kier alpha value is -1.89. The fourth-order valence-corrected chi connectivity index (χ4v) is 2.44. The van der Waals surface area contributed by atoms with Gasteiger partial charge in [0.25, 0.3) is 0 Å². The van der Waals surface area contributed by atoms with E-state index in [0.717, 1.165) is 37.9 Å². The van der Waals surface area contributed by atoms with E-state index in [2.05, 4.69) is 20.7 Å². The monoisotopic (exact) mass is 278 g/mol. The standard InChI is InChI=1S/C13H22N6O/c1-2-10-12(16-9-17-13(10)18-14)15-8-11(20)19-6-4-3-5-7-19/h9H,2-8,14H2,1H3,(H2,15,16,17,18). The van der Waals surface area contributed by atoms with E-state index in [1.54, 1.807) is 0 Å². The Labute approximate surface area is 118 Å². The van der Waals surface area contributed by atoms with E-state index in [1.165, 1.54) is 12.7 Å². The van der Waals surface area contributed by atoms with Gasteiger partial charge in [-0.25, -0.2) is 15.8 Å². The van der Waals surface area contributed by atoms with Crippen LogP contribution >= 0.6 is 0 Å². The lowest BCUT2D eigenvalue weighted by Crippen LogP contribution is -2.39. The molecule has 0 radical (unpaired) electrons. The van der Waals surface area contributed by atoms with Crippen LogP contribution in [-0.2, 0) is 11.2 Å². The van der Waals surface area contributed by atoms with Crippen LogP contribution in [0.3, 0.4) is 0 Å². The molecule has 4 N–H and O–H groups in total. The third kappa shape index (κ3) is 3.36. The summed E-state index contributed by atoms with van der Waals surface area (Å²) in [7, 11) is 0. The summed E-state index contributed by atoms with van der Waals surface area (Å²) in [4.78, 5) is 22.3. The van der Waals surface area contributed by atoms with Gasteiger partial charge in [0.15, 0.2) is 0 Å². The molecular weight excluding hydrogens is 256 g/mol. The predicted molar refractivity (Wildman–Crippen MR) is 78.1 cm³/mol. The number of amides is 1. The van der Waals surface area contributed by atoms with Crippen molar-refractivity contribution in [2.24, 2.45) is 5.84 Å². The number of rotatable bonds is 5. The molecule has 0 aromatic carbocycles. The number of likely N-dealkylation sites (tertiary alicyclic amines) is 1. The van der Waals surface area contributed by atoms with Crippen LogP contribution in [0.2, 0.25) is 0 Å². The van der Waals surface area contributed by atoms with Crippen molar-refractivity contribution in [3.63, 3.8) is 0 Å². The van der Waals surface area contributed by atoms with E-state index in [9.17, 15) is 4.79 Å². The van der Waals surface area contributed by atoms with Crippen LogP contribution in [0.15, 0.2) is 6.33 Å². The molecule has 1 aliphatic rings. The highest BCUT2D eigenvalue weighted by Crippen LogP contribution is 2.19. The number of nitrogens with one attached hydrogen (secondary N) is 2. The van der Waals surface area contributed by atoms with Crippen molar-refractivity contribution >= 4 is 17.5 Å². The lowest BCUT2D eigenvalue weighted by Gasteiger charge is -2.27. The summed E-state index contributed by atoms with van der Waals surface area (Å²) in [5, 5.41) is 3.10. The predicted octanol–water partition coefficient (Wildman–Crippen LogP) is 0.749. The molecule has 1 amide bonds. The zero-order valence-electron chi connectivity index (χ0n) is 11.9. The lowest BCUT2D eigenvalue weighted by molar-refractivity contribution is -0.130. The third-order valence-corrected chi connectivity index (χ3v) is 3.55. The highest BCUT2D eigenvalue weighted by atomic mass is 16.2. The highest BCUT2D eigenvalue weighted by molar-refractivity contribution is 5.81. The second kappa shape index (κ2) is 7.04. The van der Waals surface area contributed by atoms with E-state index in [1.807, 2.05) is 11.8 Å². The maximum absolute atomic E-state index is 12.1. The van der Waals surface area contributed by atoms with Gasteiger partial charge in [-0.2, -0.15) is 0 Å². The number of piperidine rings is 1. The van der Waals surface area contributed by atoms with E-state index >= 15 is 0 Å². The number of carbonyl (C=O) groups excluding carboxylic acids is 1. The van der Waals surface area contributed by atoms with E-state index in [4.69, 9.17) is 5.84 Å². The molecule has 0 spiro atoms. The Bertz CT molecular complexity index is 458. The Kier molecular flexibility index (Phi) is 5.11. The molecule has 1 fully saturated rings. The normalized spacial score (nSPS) is 15.0. The Morgan fingerprint density at radius 1 is 1.30 bits per heavy atom. The number of carbonyl (C=O) groups is 1. The van der Waals surface area contributed by atoms with E-state index in [0.29, 0.717) is 11.6 Å².